The summed E-state index contributed by atoms with van der Waals surface area (Å²) < 4.78 is 5.24. The van der Waals surface area contributed by atoms with Gasteiger partial charge in [0.2, 0.25) is 5.78 Å². The SMILES string of the molecule is CCCCn1c(=O)c2ccccc2n2c(SCC(=O)c3c(N)n(C)c(=O)n(C)c3=O)nnc12. The molecule has 1 aromatic carbocycles. The number of anilines is 1. The van der Waals surface area contributed by atoms with E-state index in [-0.39, 0.29) is 22.7 Å². The second-order valence-corrected chi connectivity index (χ2v) is 8.57. The minimum absolute atomic E-state index is 0.145. The number of aromatic nitrogens is 6. The van der Waals surface area contributed by atoms with Crippen LogP contribution in [0.1, 0.15) is 30.1 Å². The highest BCUT2D eigenvalue weighted by Crippen LogP contribution is 2.23. The molecule has 0 bridgehead atoms. The van der Waals surface area contributed by atoms with E-state index >= 15 is 0 Å². The molecule has 0 spiro atoms. The number of benzene rings is 1. The first-order valence-electron chi connectivity index (χ1n) is 10.4. The van der Waals surface area contributed by atoms with Gasteiger partial charge in [0.15, 0.2) is 10.9 Å². The normalized spacial score (nSPS) is 11.5. The Morgan fingerprint density at radius 3 is 2.52 bits per heavy atom. The quantitative estimate of drug-likeness (QED) is 0.310. The number of nitrogens with zero attached hydrogens (tertiary/aromatic N) is 6. The van der Waals surface area contributed by atoms with E-state index in [4.69, 9.17) is 5.73 Å². The van der Waals surface area contributed by atoms with Gasteiger partial charge in [-0.3, -0.25) is 32.5 Å². The molecule has 4 rings (SSSR count). The number of Topliss-reactive ketones (excluding diaryl/α,β-unsaturated/α-hetero) is 1. The maximum atomic E-state index is 13.0. The summed E-state index contributed by atoms with van der Waals surface area (Å²) in [5, 5.41) is 9.35. The fourth-order valence-corrected chi connectivity index (χ4v) is 4.48. The molecule has 3 heterocycles. The zero-order valence-corrected chi connectivity index (χ0v) is 19.3. The predicted molar refractivity (Wildman–Crippen MR) is 126 cm³/mol. The summed E-state index contributed by atoms with van der Waals surface area (Å²) >= 11 is 1.08. The van der Waals surface area contributed by atoms with Crippen molar-refractivity contribution in [3.63, 3.8) is 0 Å². The van der Waals surface area contributed by atoms with Gasteiger partial charge in [0, 0.05) is 20.6 Å². The maximum absolute atomic E-state index is 13.0. The number of para-hydroxylation sites is 1. The van der Waals surface area contributed by atoms with Crippen molar-refractivity contribution in [3.05, 3.63) is 61.0 Å². The van der Waals surface area contributed by atoms with Crippen molar-refractivity contribution in [2.45, 2.75) is 31.5 Å². The molecule has 11 nitrogen and oxygen atoms in total. The number of nitrogens with two attached hydrogens (primary N) is 1. The average molecular weight is 470 g/mol. The molecule has 2 N–H and O–H groups in total. The Kier molecular flexibility index (Phi) is 5.93. The number of hydrogen-bond donors (Lipinski definition) is 1. The fourth-order valence-electron chi connectivity index (χ4n) is 3.67. The minimum atomic E-state index is -0.744. The van der Waals surface area contributed by atoms with E-state index in [2.05, 4.69) is 10.2 Å². The molecular formula is C21H23N7O4S. The Morgan fingerprint density at radius 1 is 1.06 bits per heavy atom. The summed E-state index contributed by atoms with van der Waals surface area (Å²) in [5.41, 5.74) is 4.78. The summed E-state index contributed by atoms with van der Waals surface area (Å²) in [6, 6.07) is 7.14. The summed E-state index contributed by atoms with van der Waals surface area (Å²) in [6.07, 6.45) is 1.71. The predicted octanol–water partition coefficient (Wildman–Crippen LogP) is 0.799. The molecule has 3 aromatic heterocycles. The van der Waals surface area contributed by atoms with Crippen molar-refractivity contribution in [2.24, 2.45) is 14.1 Å². The molecule has 0 aliphatic heterocycles. The topological polar surface area (TPSA) is 139 Å². The Hall–Kier alpha value is -3.67. The van der Waals surface area contributed by atoms with Gasteiger partial charge in [-0.2, -0.15) is 0 Å². The van der Waals surface area contributed by atoms with Crippen LogP contribution in [0.4, 0.5) is 5.82 Å². The second-order valence-electron chi connectivity index (χ2n) is 7.62. The van der Waals surface area contributed by atoms with Crippen LogP contribution in [0, 0.1) is 0 Å². The van der Waals surface area contributed by atoms with Gasteiger partial charge >= 0.3 is 5.69 Å². The smallest absolute Gasteiger partial charge is 0.332 e. The standard InChI is InChI=1S/C21H23N7O4S/c1-4-5-10-27-17(30)12-8-6-7-9-13(12)28-19(27)23-24-20(28)33-11-14(29)15-16(22)25(2)21(32)26(3)18(15)31/h6-9H,4-5,10-11,22H2,1-3H3. The molecule has 172 valence electrons. The average Bonchev–Trinajstić information content (AvgIpc) is 3.24. The van der Waals surface area contributed by atoms with Gasteiger partial charge in [0.1, 0.15) is 11.4 Å². The van der Waals surface area contributed by atoms with Crippen LogP contribution in [0.2, 0.25) is 0 Å². The van der Waals surface area contributed by atoms with E-state index in [9.17, 15) is 19.2 Å². The maximum Gasteiger partial charge on any atom is 0.332 e. The first kappa shape index (κ1) is 22.5. The van der Waals surface area contributed by atoms with Crippen LogP contribution < -0.4 is 22.5 Å². The molecule has 0 fully saturated rings. The lowest BCUT2D eigenvalue weighted by atomic mass is 10.2. The number of fused-ring (bicyclic) bond motifs is 3. The third kappa shape index (κ3) is 3.65. The Morgan fingerprint density at radius 2 is 1.79 bits per heavy atom. The van der Waals surface area contributed by atoms with Gasteiger partial charge in [-0.1, -0.05) is 37.2 Å². The number of aryl methyl sites for hydroxylation is 1. The van der Waals surface area contributed by atoms with Crippen LogP contribution in [0.15, 0.2) is 43.8 Å². The highest BCUT2D eigenvalue weighted by Gasteiger charge is 2.22. The molecule has 0 unspecified atom stereocenters. The van der Waals surface area contributed by atoms with Gasteiger partial charge in [0.05, 0.1) is 16.7 Å². The molecule has 0 aliphatic rings. The third-order valence-electron chi connectivity index (χ3n) is 5.53. The lowest BCUT2D eigenvalue weighted by Gasteiger charge is -2.11. The fraction of sp³-hybridized carbons (Fsp3) is 0.333. The molecule has 4 aromatic rings. The summed E-state index contributed by atoms with van der Waals surface area (Å²) in [5.74, 6) is -0.478. The Labute approximate surface area is 191 Å². The number of carbonyl (C=O) groups is 1. The highest BCUT2D eigenvalue weighted by molar-refractivity contribution is 7.99. The van der Waals surface area contributed by atoms with E-state index in [0.29, 0.717) is 28.4 Å². The minimum Gasteiger partial charge on any atom is -0.384 e. The molecule has 0 radical (unpaired) electrons. The van der Waals surface area contributed by atoms with Gasteiger partial charge < -0.3 is 5.73 Å². The molecule has 0 atom stereocenters. The number of hydrogen-bond acceptors (Lipinski definition) is 8. The van der Waals surface area contributed by atoms with Crippen molar-refractivity contribution in [1.82, 2.24) is 28.3 Å². The van der Waals surface area contributed by atoms with Crippen LogP contribution >= 0.6 is 11.8 Å². The lowest BCUT2D eigenvalue weighted by Crippen LogP contribution is -2.41. The van der Waals surface area contributed by atoms with Crippen LogP contribution in [0.25, 0.3) is 16.7 Å². The van der Waals surface area contributed by atoms with Crippen LogP contribution in [0.3, 0.4) is 0 Å². The zero-order valence-electron chi connectivity index (χ0n) is 18.4. The van der Waals surface area contributed by atoms with E-state index in [1.54, 1.807) is 27.2 Å². The van der Waals surface area contributed by atoms with Crippen molar-refractivity contribution in [1.29, 1.82) is 0 Å². The number of ketones is 1. The van der Waals surface area contributed by atoms with Crippen LogP contribution in [0.5, 0.6) is 0 Å². The van der Waals surface area contributed by atoms with E-state index in [1.165, 1.54) is 14.1 Å². The number of thioether (sulfide) groups is 1. The van der Waals surface area contributed by atoms with Gasteiger partial charge in [-0.15, -0.1) is 10.2 Å². The van der Waals surface area contributed by atoms with Crippen molar-refractivity contribution >= 4 is 40.0 Å². The van der Waals surface area contributed by atoms with Crippen molar-refractivity contribution in [2.75, 3.05) is 11.5 Å². The monoisotopic (exact) mass is 469 g/mol. The molecule has 12 heteroatoms. The largest absolute Gasteiger partial charge is 0.384 e. The first-order valence-corrected chi connectivity index (χ1v) is 11.3. The number of rotatable bonds is 7. The Bertz CT molecular complexity index is 1580. The third-order valence-corrected chi connectivity index (χ3v) is 6.46. The molecule has 33 heavy (non-hydrogen) atoms. The summed E-state index contributed by atoms with van der Waals surface area (Å²) in [6.45, 7) is 2.53. The van der Waals surface area contributed by atoms with E-state index < -0.39 is 17.0 Å². The molecular weight excluding hydrogens is 446 g/mol. The first-order chi connectivity index (χ1) is 15.8. The molecule has 0 aliphatic carbocycles. The number of carbonyl (C=O) groups excluding carboxylic acids is 1. The lowest BCUT2D eigenvalue weighted by molar-refractivity contribution is 0.102. The summed E-state index contributed by atoms with van der Waals surface area (Å²) in [4.78, 5) is 50.5. The van der Waals surface area contributed by atoms with E-state index in [1.807, 2.05) is 13.0 Å². The van der Waals surface area contributed by atoms with Gasteiger partial charge in [0.25, 0.3) is 11.1 Å². The van der Waals surface area contributed by atoms with Gasteiger partial charge in [-0.25, -0.2) is 4.79 Å². The number of unbranched alkanes of at least 4 members (excludes halogenated alkanes) is 1. The van der Waals surface area contributed by atoms with Crippen molar-refractivity contribution < 1.29 is 4.79 Å². The van der Waals surface area contributed by atoms with Gasteiger partial charge in [-0.05, 0) is 18.6 Å². The van der Waals surface area contributed by atoms with Crippen LogP contribution in [-0.2, 0) is 20.6 Å². The van der Waals surface area contributed by atoms with E-state index in [0.717, 1.165) is 33.7 Å². The number of nitrogen functional groups attached to an aromatic ring is 1. The highest BCUT2D eigenvalue weighted by atomic mass is 32.2. The van der Waals surface area contributed by atoms with Crippen molar-refractivity contribution in [3.8, 4) is 0 Å². The van der Waals surface area contributed by atoms with Crippen LogP contribution in [-0.4, -0.2) is 39.8 Å². The molecule has 0 saturated carbocycles. The summed E-state index contributed by atoms with van der Waals surface area (Å²) in [7, 11) is 2.69. The Balaban J connectivity index is 1.78. The molecule has 0 amide bonds. The molecule has 0 saturated heterocycles. The second kappa shape index (κ2) is 8.70. The zero-order chi connectivity index (χ0) is 23.9.